The van der Waals surface area contributed by atoms with E-state index < -0.39 is 5.67 Å². The fourth-order valence-corrected chi connectivity index (χ4v) is 6.47. The first-order valence-electron chi connectivity index (χ1n) is 12.3. The van der Waals surface area contributed by atoms with Crippen LogP contribution in [0, 0.1) is 17.8 Å². The van der Waals surface area contributed by atoms with Crippen molar-refractivity contribution < 1.29 is 18.8 Å². The molecule has 0 aromatic carbocycles. The first-order chi connectivity index (χ1) is 15.0. The first kappa shape index (κ1) is 20.7. The highest BCUT2D eigenvalue weighted by Gasteiger charge is 2.54. The normalized spacial score (nSPS) is 45.4. The molecule has 3 N–H and O–H groups in total. The monoisotopic (exact) mass is 437 g/mol. The Balaban J connectivity index is 1.03. The molecule has 9 heteroatoms. The van der Waals surface area contributed by atoms with Crippen LogP contribution in [0.3, 0.4) is 0 Å². The lowest BCUT2D eigenvalue weighted by atomic mass is 9.77. The Morgan fingerprint density at radius 3 is 2.61 bits per heavy atom. The Bertz CT molecular complexity index is 705. The lowest BCUT2D eigenvalue weighted by molar-refractivity contribution is -0.142. The molecule has 7 atom stereocenters. The van der Waals surface area contributed by atoms with E-state index >= 15 is 0 Å². The van der Waals surface area contributed by atoms with Gasteiger partial charge in [-0.1, -0.05) is 0 Å². The Hall–Kier alpha value is -0.840. The van der Waals surface area contributed by atoms with Crippen molar-refractivity contribution in [1.29, 1.82) is 0 Å². The molecule has 2 aliphatic carbocycles. The molecular weight excluding hydrogens is 401 g/mol. The van der Waals surface area contributed by atoms with Gasteiger partial charge in [0.25, 0.3) is 5.91 Å². The van der Waals surface area contributed by atoms with Gasteiger partial charge in [0, 0.05) is 31.1 Å². The van der Waals surface area contributed by atoms with Crippen LogP contribution in [0.4, 0.5) is 4.39 Å². The van der Waals surface area contributed by atoms with Gasteiger partial charge in [0.2, 0.25) is 0 Å². The van der Waals surface area contributed by atoms with E-state index in [1.165, 1.54) is 12.8 Å². The lowest BCUT2D eigenvalue weighted by Gasteiger charge is -2.42. The average molecular weight is 438 g/mol. The molecule has 5 unspecified atom stereocenters. The number of carbonyl (C=O) groups excluding carboxylic acids is 1. The van der Waals surface area contributed by atoms with Crippen LogP contribution < -0.4 is 16.2 Å². The van der Waals surface area contributed by atoms with Gasteiger partial charge in [-0.25, -0.2) is 9.40 Å². The van der Waals surface area contributed by atoms with Gasteiger partial charge in [0.15, 0.2) is 5.67 Å². The van der Waals surface area contributed by atoms with Crippen LogP contribution >= 0.6 is 0 Å². The summed E-state index contributed by atoms with van der Waals surface area (Å²) in [5.74, 6) is 1.31. The van der Waals surface area contributed by atoms with Crippen LogP contribution in [-0.4, -0.2) is 78.3 Å². The van der Waals surface area contributed by atoms with Crippen LogP contribution in [0.1, 0.15) is 51.9 Å². The van der Waals surface area contributed by atoms with E-state index in [0.717, 1.165) is 44.9 Å². The summed E-state index contributed by atoms with van der Waals surface area (Å²) in [5, 5.41) is 6.18. The second-order valence-corrected chi connectivity index (χ2v) is 10.8. The molecule has 0 aromatic heterocycles. The molecule has 4 heterocycles. The minimum absolute atomic E-state index is 0.0292. The molecule has 8 nitrogen and oxygen atoms in total. The molecule has 0 radical (unpaired) electrons. The average Bonchev–Trinajstić information content (AvgIpc) is 3.14. The fourth-order valence-electron chi connectivity index (χ4n) is 6.47. The third kappa shape index (κ3) is 3.71. The number of amides is 1. The smallest absolute Gasteiger partial charge is 0.260 e. The molecule has 0 bridgehead atoms. The van der Waals surface area contributed by atoms with Crippen molar-refractivity contribution in [2.45, 2.75) is 88.1 Å². The number of rotatable bonds is 4. The summed E-state index contributed by atoms with van der Waals surface area (Å²) in [6.07, 6.45) is 6.23. The van der Waals surface area contributed by atoms with E-state index in [2.05, 4.69) is 28.2 Å². The van der Waals surface area contributed by atoms with E-state index in [1.54, 1.807) is 4.90 Å². The lowest BCUT2D eigenvalue weighted by Crippen LogP contribution is -2.57. The number of hydrazine groups is 1. The minimum atomic E-state index is -1.56. The van der Waals surface area contributed by atoms with Gasteiger partial charge >= 0.3 is 0 Å². The largest absolute Gasteiger partial charge is 0.378 e. The summed E-state index contributed by atoms with van der Waals surface area (Å²) < 4.78 is 19.7. The molecule has 4 saturated heterocycles. The Morgan fingerprint density at radius 1 is 1.10 bits per heavy atom. The third-order valence-electron chi connectivity index (χ3n) is 8.72. The van der Waals surface area contributed by atoms with Crippen molar-refractivity contribution >= 4 is 5.91 Å². The van der Waals surface area contributed by atoms with Crippen molar-refractivity contribution in [3.05, 3.63) is 0 Å². The molecule has 6 fully saturated rings. The Morgan fingerprint density at radius 2 is 1.90 bits per heavy atom. The van der Waals surface area contributed by atoms with Gasteiger partial charge < -0.3 is 9.64 Å². The maximum atomic E-state index is 14.3. The minimum Gasteiger partial charge on any atom is -0.378 e. The van der Waals surface area contributed by atoms with Gasteiger partial charge in [0.05, 0.1) is 25.4 Å². The van der Waals surface area contributed by atoms with Crippen molar-refractivity contribution in [3.63, 3.8) is 0 Å². The summed E-state index contributed by atoms with van der Waals surface area (Å²) in [6, 6.07) is 1.16. The highest BCUT2D eigenvalue weighted by molar-refractivity contribution is 5.88. The number of nitrogens with zero attached hydrogens (tertiary/aromatic N) is 2. The summed E-state index contributed by atoms with van der Waals surface area (Å²) in [4.78, 5) is 20.3. The molecule has 0 spiro atoms. The van der Waals surface area contributed by atoms with Crippen molar-refractivity contribution in [2.75, 3.05) is 26.3 Å². The predicted molar refractivity (Wildman–Crippen MR) is 111 cm³/mol. The number of halogens is 1. The van der Waals surface area contributed by atoms with Crippen LogP contribution in [0.15, 0.2) is 0 Å². The molecular formula is C22H36FN5O3. The number of likely N-dealkylation sites (tertiary alicyclic amines) is 1. The Labute approximate surface area is 183 Å². The number of hydroxylamine groups is 1. The highest BCUT2D eigenvalue weighted by Crippen LogP contribution is 2.43. The van der Waals surface area contributed by atoms with E-state index in [1.807, 2.05) is 0 Å². The second-order valence-electron chi connectivity index (χ2n) is 10.8. The summed E-state index contributed by atoms with van der Waals surface area (Å²) in [5.41, 5.74) is 5.32. The molecule has 2 saturated carbocycles. The Kier molecular flexibility index (Phi) is 5.28. The number of hydrogen-bond donors (Lipinski definition) is 3. The van der Waals surface area contributed by atoms with Crippen LogP contribution in [0.2, 0.25) is 0 Å². The van der Waals surface area contributed by atoms with E-state index in [4.69, 9.17) is 9.57 Å². The molecule has 1 amide bonds. The fraction of sp³-hybridized carbons (Fsp3) is 0.955. The summed E-state index contributed by atoms with van der Waals surface area (Å²) in [7, 11) is 0. The van der Waals surface area contributed by atoms with Gasteiger partial charge in [0.1, 0.15) is 6.23 Å². The van der Waals surface area contributed by atoms with E-state index in [0.29, 0.717) is 43.3 Å². The van der Waals surface area contributed by atoms with Crippen LogP contribution in [-0.2, 0) is 14.4 Å². The molecule has 4 aliphatic heterocycles. The van der Waals surface area contributed by atoms with Crippen molar-refractivity contribution in [2.24, 2.45) is 17.8 Å². The number of ether oxygens (including phenoxy) is 1. The maximum absolute atomic E-state index is 14.3. The molecule has 31 heavy (non-hydrogen) atoms. The maximum Gasteiger partial charge on any atom is 0.260 e. The number of carbonyl (C=O) groups is 1. The number of piperidine rings is 1. The van der Waals surface area contributed by atoms with Gasteiger partial charge in [-0.2, -0.15) is 5.48 Å². The van der Waals surface area contributed by atoms with Gasteiger partial charge in [-0.05, 0) is 63.7 Å². The van der Waals surface area contributed by atoms with Crippen molar-refractivity contribution in [1.82, 2.24) is 26.1 Å². The standard InChI is InChI=1S/C22H36FN5O3/c1-13-8-14(4-7-27(13)21(29)22(23)5-6-22)19-25-20(31-26-19)15-2-3-16-10-24-28(18(16)9-15)17-11-30-12-17/h13-20,24-26H,2-12H2,1H3/t13-,14+,15?,16?,18?,19?,20?/m1/s1. The third-order valence-corrected chi connectivity index (χ3v) is 8.72. The van der Waals surface area contributed by atoms with Gasteiger partial charge in [-0.15, -0.1) is 0 Å². The molecule has 6 aliphatic rings. The zero-order valence-electron chi connectivity index (χ0n) is 18.4. The van der Waals surface area contributed by atoms with E-state index in [-0.39, 0.29) is 24.3 Å². The number of nitrogens with one attached hydrogen (secondary N) is 3. The zero-order chi connectivity index (χ0) is 21.2. The number of alkyl halides is 1. The highest BCUT2D eigenvalue weighted by atomic mass is 19.1. The molecule has 0 aromatic rings. The van der Waals surface area contributed by atoms with E-state index in [9.17, 15) is 9.18 Å². The molecule has 174 valence electrons. The molecule has 6 rings (SSSR count). The quantitative estimate of drug-likeness (QED) is 0.603. The number of fused-ring (bicyclic) bond motifs is 1. The predicted octanol–water partition coefficient (Wildman–Crippen LogP) is 0.896. The van der Waals surface area contributed by atoms with Gasteiger partial charge in [-0.3, -0.25) is 20.4 Å². The van der Waals surface area contributed by atoms with Crippen LogP contribution in [0.25, 0.3) is 0 Å². The topological polar surface area (TPSA) is 78.1 Å². The van der Waals surface area contributed by atoms with Crippen molar-refractivity contribution in [3.8, 4) is 0 Å². The summed E-state index contributed by atoms with van der Waals surface area (Å²) >= 11 is 0. The van der Waals surface area contributed by atoms with Crippen LogP contribution in [0.5, 0.6) is 0 Å². The number of hydrogen-bond acceptors (Lipinski definition) is 7. The first-order valence-corrected chi connectivity index (χ1v) is 12.3. The second kappa shape index (κ2) is 7.88. The summed E-state index contributed by atoms with van der Waals surface area (Å²) in [6.45, 7) is 5.45. The zero-order valence-corrected chi connectivity index (χ0v) is 18.4. The SMILES string of the molecule is C[C@@H]1C[C@@H](C2NOC(C3CCC4CNN(C5COC5)C4C3)N2)CCN1C(=O)C1(F)CC1.